The van der Waals surface area contributed by atoms with Gasteiger partial charge in [-0.25, -0.2) is 0 Å². The molecule has 0 N–H and O–H groups in total. The van der Waals surface area contributed by atoms with Crippen molar-refractivity contribution in [3.05, 3.63) is 35.4 Å². The molecule has 1 aromatic rings. The SMILES string of the molecule is N#CC12CC(CI)(C1)OC2c1ccc(C=O)cc1. The number of fused-ring (bicyclic) bond motifs is 1. The van der Waals surface area contributed by atoms with Gasteiger partial charge in [0, 0.05) is 9.99 Å². The van der Waals surface area contributed by atoms with Crippen LogP contribution in [0.1, 0.15) is 34.9 Å². The molecule has 0 amide bonds. The summed E-state index contributed by atoms with van der Waals surface area (Å²) in [5, 5.41) is 9.42. The Labute approximate surface area is 119 Å². The molecule has 1 saturated carbocycles. The second kappa shape index (κ2) is 4.04. The summed E-state index contributed by atoms with van der Waals surface area (Å²) in [5.74, 6) is 0. The molecule has 92 valence electrons. The molecule has 4 rings (SSSR count). The fourth-order valence-corrected chi connectivity index (χ4v) is 3.85. The van der Waals surface area contributed by atoms with Gasteiger partial charge < -0.3 is 4.74 Å². The third-order valence-corrected chi connectivity index (χ3v) is 5.38. The van der Waals surface area contributed by atoms with Gasteiger partial charge >= 0.3 is 0 Å². The quantitative estimate of drug-likeness (QED) is 0.477. The molecule has 1 unspecified atom stereocenters. The van der Waals surface area contributed by atoms with Gasteiger partial charge in [0.2, 0.25) is 0 Å². The topological polar surface area (TPSA) is 50.1 Å². The summed E-state index contributed by atoms with van der Waals surface area (Å²) in [6.45, 7) is 0. The van der Waals surface area contributed by atoms with Crippen molar-refractivity contribution in [2.75, 3.05) is 4.43 Å². The molecule has 2 bridgehead atoms. The minimum absolute atomic E-state index is 0.0930. The van der Waals surface area contributed by atoms with E-state index < -0.39 is 0 Å². The monoisotopic (exact) mass is 353 g/mol. The predicted molar refractivity (Wildman–Crippen MR) is 74.6 cm³/mol. The molecule has 3 nitrogen and oxygen atoms in total. The Balaban J connectivity index is 1.93. The first-order valence-electron chi connectivity index (χ1n) is 5.87. The van der Waals surface area contributed by atoms with Crippen LogP contribution in [0.25, 0.3) is 0 Å². The zero-order chi connectivity index (χ0) is 12.8. The van der Waals surface area contributed by atoms with E-state index in [2.05, 4.69) is 28.7 Å². The number of aldehydes is 1. The minimum atomic E-state index is -0.353. The van der Waals surface area contributed by atoms with E-state index in [0.717, 1.165) is 29.1 Å². The number of ether oxygens (including phenoxy) is 1. The summed E-state index contributed by atoms with van der Waals surface area (Å²) in [5.41, 5.74) is 1.21. The van der Waals surface area contributed by atoms with Crippen molar-refractivity contribution >= 4 is 28.9 Å². The van der Waals surface area contributed by atoms with Crippen LogP contribution in [0, 0.1) is 16.7 Å². The molecule has 3 aliphatic rings. The third-order valence-electron chi connectivity index (χ3n) is 3.99. The van der Waals surface area contributed by atoms with E-state index in [1.54, 1.807) is 12.1 Å². The number of hydrogen-bond donors (Lipinski definition) is 0. The fourth-order valence-electron chi connectivity index (χ4n) is 3.13. The van der Waals surface area contributed by atoms with Gasteiger partial charge in [0.15, 0.2) is 0 Å². The number of nitriles is 1. The van der Waals surface area contributed by atoms with E-state index in [-0.39, 0.29) is 17.1 Å². The molecule has 2 aliphatic heterocycles. The predicted octanol–water partition coefficient (Wildman–Crippen LogP) is 3.05. The number of carbonyl (C=O) groups is 1. The zero-order valence-electron chi connectivity index (χ0n) is 9.73. The number of hydrogen-bond acceptors (Lipinski definition) is 3. The van der Waals surface area contributed by atoms with Crippen molar-refractivity contribution in [3.8, 4) is 6.07 Å². The minimum Gasteiger partial charge on any atom is -0.364 e. The van der Waals surface area contributed by atoms with Crippen LogP contribution in [-0.4, -0.2) is 16.3 Å². The van der Waals surface area contributed by atoms with Gasteiger partial charge in [0.1, 0.15) is 12.4 Å². The van der Waals surface area contributed by atoms with Gasteiger partial charge in [0.05, 0.1) is 17.1 Å². The highest BCUT2D eigenvalue weighted by molar-refractivity contribution is 14.1. The summed E-state index contributed by atoms with van der Waals surface area (Å²) in [6.07, 6.45) is 2.35. The van der Waals surface area contributed by atoms with Gasteiger partial charge in [-0.2, -0.15) is 5.26 Å². The fraction of sp³-hybridized carbons (Fsp3) is 0.429. The molecule has 0 radical (unpaired) electrons. The highest BCUT2D eigenvalue weighted by Gasteiger charge is 2.68. The maximum absolute atomic E-state index is 10.6. The Morgan fingerprint density at radius 1 is 1.44 bits per heavy atom. The summed E-state index contributed by atoms with van der Waals surface area (Å²) in [4.78, 5) is 10.6. The summed E-state index contributed by atoms with van der Waals surface area (Å²) in [7, 11) is 0. The third kappa shape index (κ3) is 1.54. The average Bonchev–Trinajstić information content (AvgIpc) is 2.89. The smallest absolute Gasteiger partial charge is 0.150 e. The number of carbonyl (C=O) groups excluding carboxylic acids is 1. The molecule has 1 aromatic carbocycles. The maximum atomic E-state index is 10.6. The van der Waals surface area contributed by atoms with Crippen LogP contribution < -0.4 is 0 Å². The van der Waals surface area contributed by atoms with Crippen molar-refractivity contribution in [3.63, 3.8) is 0 Å². The normalized spacial score (nSPS) is 36.8. The van der Waals surface area contributed by atoms with Gasteiger partial charge in [-0.1, -0.05) is 46.9 Å². The standard InChI is InChI=1S/C14H12INO2/c15-8-14-6-13(7-14,9-16)12(18-14)11-3-1-10(5-17)2-4-11/h1-5,12H,6-8H2. The van der Waals surface area contributed by atoms with E-state index in [9.17, 15) is 10.1 Å². The maximum Gasteiger partial charge on any atom is 0.150 e. The van der Waals surface area contributed by atoms with E-state index >= 15 is 0 Å². The van der Waals surface area contributed by atoms with Crippen LogP contribution in [-0.2, 0) is 4.74 Å². The first-order valence-corrected chi connectivity index (χ1v) is 7.40. The van der Waals surface area contributed by atoms with E-state index in [1.165, 1.54) is 0 Å². The van der Waals surface area contributed by atoms with Crippen LogP contribution in [0.3, 0.4) is 0 Å². The Morgan fingerprint density at radius 3 is 2.61 bits per heavy atom. The average molecular weight is 353 g/mol. The largest absolute Gasteiger partial charge is 0.364 e. The Bertz CT molecular complexity index is 526. The molecule has 3 fully saturated rings. The molecular formula is C14H12INO2. The Hall–Kier alpha value is -0.930. The van der Waals surface area contributed by atoms with Gasteiger partial charge in [0.25, 0.3) is 0 Å². The van der Waals surface area contributed by atoms with E-state index in [4.69, 9.17) is 4.74 Å². The first kappa shape index (κ1) is 12.1. The second-order valence-electron chi connectivity index (χ2n) is 5.22. The highest BCUT2D eigenvalue weighted by Crippen LogP contribution is 2.67. The first-order chi connectivity index (χ1) is 8.67. The number of alkyl halides is 1. The molecule has 2 saturated heterocycles. The molecule has 1 aliphatic carbocycles. The number of halogens is 1. The van der Waals surface area contributed by atoms with Crippen LogP contribution >= 0.6 is 22.6 Å². The summed E-state index contributed by atoms with van der Waals surface area (Å²) in [6, 6.07) is 9.80. The number of rotatable bonds is 3. The van der Waals surface area contributed by atoms with E-state index in [1.807, 2.05) is 12.1 Å². The lowest BCUT2D eigenvalue weighted by atomic mass is 9.61. The van der Waals surface area contributed by atoms with Crippen molar-refractivity contribution in [2.45, 2.75) is 24.5 Å². The van der Waals surface area contributed by atoms with Gasteiger partial charge in [-0.3, -0.25) is 4.79 Å². The summed E-state index contributed by atoms with van der Waals surface area (Å²) >= 11 is 2.33. The number of benzene rings is 1. The Morgan fingerprint density at radius 2 is 2.11 bits per heavy atom. The molecule has 0 aromatic heterocycles. The van der Waals surface area contributed by atoms with Gasteiger partial charge in [-0.05, 0) is 18.4 Å². The molecule has 2 heterocycles. The zero-order valence-corrected chi connectivity index (χ0v) is 11.9. The lowest BCUT2D eigenvalue weighted by Gasteiger charge is -2.39. The lowest BCUT2D eigenvalue weighted by Crippen LogP contribution is -2.44. The van der Waals surface area contributed by atoms with Crippen LogP contribution in [0.4, 0.5) is 0 Å². The lowest BCUT2D eigenvalue weighted by molar-refractivity contribution is -0.00329. The van der Waals surface area contributed by atoms with Crippen molar-refractivity contribution in [1.29, 1.82) is 5.26 Å². The van der Waals surface area contributed by atoms with Crippen molar-refractivity contribution in [1.82, 2.24) is 0 Å². The van der Waals surface area contributed by atoms with Crippen LogP contribution in [0.15, 0.2) is 24.3 Å². The summed E-state index contributed by atoms with van der Waals surface area (Å²) < 4.78 is 7.04. The van der Waals surface area contributed by atoms with E-state index in [0.29, 0.717) is 5.56 Å². The second-order valence-corrected chi connectivity index (χ2v) is 5.98. The van der Waals surface area contributed by atoms with Gasteiger partial charge in [-0.15, -0.1) is 0 Å². The highest BCUT2D eigenvalue weighted by atomic mass is 127. The molecular weight excluding hydrogens is 341 g/mol. The molecule has 0 spiro atoms. The number of nitrogens with zero attached hydrogens (tertiary/aromatic N) is 1. The molecule has 18 heavy (non-hydrogen) atoms. The van der Waals surface area contributed by atoms with Crippen LogP contribution in [0.5, 0.6) is 0 Å². The van der Waals surface area contributed by atoms with Crippen molar-refractivity contribution < 1.29 is 9.53 Å². The molecule has 1 atom stereocenters. The Kier molecular flexibility index (Phi) is 2.72. The van der Waals surface area contributed by atoms with Crippen molar-refractivity contribution in [2.24, 2.45) is 5.41 Å². The van der Waals surface area contributed by atoms with Crippen LogP contribution in [0.2, 0.25) is 0 Å². The molecule has 4 heteroatoms.